The third-order valence-corrected chi connectivity index (χ3v) is 4.86. The number of cyclic esters (lactones) is 1. The van der Waals surface area contributed by atoms with Crippen molar-refractivity contribution in [1.82, 2.24) is 4.98 Å². The standard InChI is InChI=1S/C21H19NO7/c1-25-15-7-11-12(8-14(15)23)22-13-9-29-21(24)19(13)18(11)10-5-16(26-2)20(28-4)17(6-10)27-3/h5-8,23H,9H2,1-4H3. The quantitative estimate of drug-likeness (QED) is 0.655. The molecule has 8 heteroatoms. The number of aromatic hydroxyl groups is 1. The van der Waals surface area contributed by atoms with Crippen LogP contribution in [0, 0.1) is 0 Å². The molecule has 8 nitrogen and oxygen atoms in total. The van der Waals surface area contributed by atoms with Gasteiger partial charge in [0.1, 0.15) is 6.61 Å². The highest BCUT2D eigenvalue weighted by atomic mass is 16.5. The lowest BCUT2D eigenvalue weighted by Gasteiger charge is -2.17. The minimum absolute atomic E-state index is 0.0477. The summed E-state index contributed by atoms with van der Waals surface area (Å²) in [5.41, 5.74) is 2.60. The van der Waals surface area contributed by atoms with Crippen molar-refractivity contribution in [2.45, 2.75) is 6.61 Å². The van der Waals surface area contributed by atoms with Gasteiger partial charge in [-0.1, -0.05) is 0 Å². The van der Waals surface area contributed by atoms with Crippen molar-refractivity contribution < 1.29 is 33.6 Å². The second-order valence-corrected chi connectivity index (χ2v) is 6.34. The van der Waals surface area contributed by atoms with E-state index in [9.17, 15) is 9.90 Å². The van der Waals surface area contributed by atoms with E-state index in [2.05, 4.69) is 4.98 Å². The number of hydrogen-bond acceptors (Lipinski definition) is 8. The van der Waals surface area contributed by atoms with Crippen molar-refractivity contribution >= 4 is 16.9 Å². The number of phenols is 1. The van der Waals surface area contributed by atoms with Crippen LogP contribution >= 0.6 is 0 Å². The van der Waals surface area contributed by atoms with E-state index in [1.54, 1.807) is 18.2 Å². The average molecular weight is 397 g/mol. The fraction of sp³-hybridized carbons (Fsp3) is 0.238. The van der Waals surface area contributed by atoms with Gasteiger partial charge in [0.15, 0.2) is 23.0 Å². The third-order valence-electron chi connectivity index (χ3n) is 4.86. The Balaban J connectivity index is 2.13. The van der Waals surface area contributed by atoms with Crippen molar-refractivity contribution in [2.75, 3.05) is 28.4 Å². The predicted molar refractivity (Wildman–Crippen MR) is 104 cm³/mol. The summed E-state index contributed by atoms with van der Waals surface area (Å²) in [4.78, 5) is 17.0. The molecular formula is C21H19NO7. The van der Waals surface area contributed by atoms with Crippen LogP contribution in [-0.2, 0) is 11.3 Å². The van der Waals surface area contributed by atoms with E-state index in [4.69, 9.17) is 23.7 Å². The van der Waals surface area contributed by atoms with Gasteiger partial charge in [0.25, 0.3) is 0 Å². The van der Waals surface area contributed by atoms with Gasteiger partial charge in [-0.15, -0.1) is 0 Å². The van der Waals surface area contributed by atoms with Gasteiger partial charge in [-0.3, -0.25) is 0 Å². The Morgan fingerprint density at radius 2 is 1.55 bits per heavy atom. The second kappa shape index (κ2) is 7.05. The smallest absolute Gasteiger partial charge is 0.341 e. The van der Waals surface area contributed by atoms with Crippen LogP contribution < -0.4 is 18.9 Å². The molecule has 0 unspecified atom stereocenters. The largest absolute Gasteiger partial charge is 0.504 e. The topological polar surface area (TPSA) is 96.3 Å². The number of phenolic OH excluding ortho intramolecular Hbond substituents is 1. The monoisotopic (exact) mass is 397 g/mol. The summed E-state index contributed by atoms with van der Waals surface area (Å²) >= 11 is 0. The minimum Gasteiger partial charge on any atom is -0.504 e. The molecule has 2 heterocycles. The molecule has 4 rings (SSSR count). The molecule has 0 bridgehead atoms. The van der Waals surface area contributed by atoms with Gasteiger partial charge in [-0.2, -0.15) is 0 Å². The fourth-order valence-corrected chi connectivity index (χ4v) is 3.55. The highest BCUT2D eigenvalue weighted by Gasteiger charge is 2.30. The van der Waals surface area contributed by atoms with Gasteiger partial charge in [0.05, 0.1) is 45.2 Å². The van der Waals surface area contributed by atoms with Crippen LogP contribution in [0.25, 0.3) is 22.0 Å². The summed E-state index contributed by atoms with van der Waals surface area (Å²) < 4.78 is 26.8. The number of pyridine rings is 1. The number of carbonyl (C=O) groups excluding carboxylic acids is 1. The van der Waals surface area contributed by atoms with Gasteiger partial charge >= 0.3 is 5.97 Å². The molecule has 1 aromatic heterocycles. The molecular weight excluding hydrogens is 378 g/mol. The molecule has 0 saturated carbocycles. The number of benzene rings is 2. The lowest BCUT2D eigenvalue weighted by Crippen LogP contribution is -2.02. The molecule has 29 heavy (non-hydrogen) atoms. The van der Waals surface area contributed by atoms with Crippen molar-refractivity contribution in [3.8, 4) is 39.9 Å². The van der Waals surface area contributed by atoms with Crippen LogP contribution in [0.15, 0.2) is 24.3 Å². The van der Waals surface area contributed by atoms with E-state index in [0.717, 1.165) is 0 Å². The second-order valence-electron chi connectivity index (χ2n) is 6.34. The number of nitrogens with zero attached hydrogens (tertiary/aromatic N) is 1. The summed E-state index contributed by atoms with van der Waals surface area (Å²) in [5, 5.41) is 10.8. The van der Waals surface area contributed by atoms with Crippen LogP contribution in [0.4, 0.5) is 0 Å². The van der Waals surface area contributed by atoms with E-state index >= 15 is 0 Å². The minimum atomic E-state index is -0.467. The normalized spacial score (nSPS) is 12.5. The molecule has 1 aliphatic rings. The maximum atomic E-state index is 12.5. The van der Waals surface area contributed by atoms with Gasteiger partial charge in [0, 0.05) is 17.0 Å². The van der Waals surface area contributed by atoms with E-state index in [-0.39, 0.29) is 18.1 Å². The van der Waals surface area contributed by atoms with Crippen molar-refractivity contribution in [3.63, 3.8) is 0 Å². The number of aromatic nitrogens is 1. The van der Waals surface area contributed by atoms with E-state index in [1.807, 2.05) is 0 Å². The number of ether oxygens (including phenoxy) is 5. The Morgan fingerprint density at radius 3 is 2.14 bits per heavy atom. The predicted octanol–water partition coefficient (Wildman–Crippen LogP) is 3.31. The average Bonchev–Trinajstić information content (AvgIpc) is 3.10. The fourth-order valence-electron chi connectivity index (χ4n) is 3.55. The number of carbonyl (C=O) groups is 1. The Bertz CT molecular complexity index is 1110. The van der Waals surface area contributed by atoms with Crippen LogP contribution in [-0.4, -0.2) is 44.5 Å². The zero-order valence-corrected chi connectivity index (χ0v) is 16.4. The maximum Gasteiger partial charge on any atom is 0.341 e. The van der Waals surface area contributed by atoms with Crippen molar-refractivity contribution in [2.24, 2.45) is 0 Å². The number of fused-ring (bicyclic) bond motifs is 2. The molecule has 1 N–H and O–H groups in total. The summed E-state index contributed by atoms with van der Waals surface area (Å²) in [6.07, 6.45) is 0. The lowest BCUT2D eigenvalue weighted by molar-refractivity contribution is 0.0534. The van der Waals surface area contributed by atoms with Crippen molar-refractivity contribution in [1.29, 1.82) is 0 Å². The molecule has 0 amide bonds. The van der Waals surface area contributed by atoms with Crippen LogP contribution in [0.1, 0.15) is 16.1 Å². The Hall–Kier alpha value is -3.68. The van der Waals surface area contributed by atoms with Crippen molar-refractivity contribution in [3.05, 3.63) is 35.5 Å². The molecule has 0 saturated heterocycles. The molecule has 150 valence electrons. The summed E-state index contributed by atoms with van der Waals surface area (Å²) in [5.74, 6) is 1.07. The van der Waals surface area contributed by atoms with Gasteiger partial charge in [-0.25, -0.2) is 9.78 Å². The van der Waals surface area contributed by atoms with Crippen LogP contribution in [0.3, 0.4) is 0 Å². The molecule has 0 aliphatic carbocycles. The zero-order chi connectivity index (χ0) is 20.7. The molecule has 0 spiro atoms. The van der Waals surface area contributed by atoms with Gasteiger partial charge in [0.2, 0.25) is 5.75 Å². The molecule has 0 radical (unpaired) electrons. The van der Waals surface area contributed by atoms with Gasteiger partial charge < -0.3 is 28.8 Å². The van der Waals surface area contributed by atoms with Gasteiger partial charge in [-0.05, 0) is 23.8 Å². The molecule has 0 atom stereocenters. The Labute approximate surface area is 166 Å². The number of methoxy groups -OCH3 is 4. The van der Waals surface area contributed by atoms with E-state index < -0.39 is 5.97 Å². The molecule has 1 aliphatic heterocycles. The third kappa shape index (κ3) is 2.84. The maximum absolute atomic E-state index is 12.5. The molecule has 0 fully saturated rings. The van der Waals surface area contributed by atoms with Crippen LogP contribution in [0.5, 0.6) is 28.7 Å². The first-order valence-electron chi connectivity index (χ1n) is 8.73. The number of hydrogen-bond donors (Lipinski definition) is 1. The van der Waals surface area contributed by atoms with Crippen LogP contribution in [0.2, 0.25) is 0 Å². The molecule has 3 aromatic rings. The SMILES string of the molecule is COc1cc2c(-c3cc(OC)c(OC)c(OC)c3)c3c(nc2cc1O)COC3=O. The Kier molecular flexibility index (Phi) is 4.54. The Morgan fingerprint density at radius 1 is 0.897 bits per heavy atom. The highest BCUT2D eigenvalue weighted by Crippen LogP contribution is 2.46. The first-order valence-corrected chi connectivity index (χ1v) is 8.73. The van der Waals surface area contributed by atoms with E-state index in [1.165, 1.54) is 34.5 Å². The number of esters is 1. The molecule has 2 aromatic carbocycles. The highest BCUT2D eigenvalue weighted by molar-refractivity contribution is 6.09. The first-order chi connectivity index (χ1) is 14.0. The zero-order valence-electron chi connectivity index (χ0n) is 16.4. The number of rotatable bonds is 5. The summed E-state index contributed by atoms with van der Waals surface area (Å²) in [7, 11) is 6.01. The summed E-state index contributed by atoms with van der Waals surface area (Å²) in [6, 6.07) is 6.64. The van der Waals surface area contributed by atoms with E-state index in [0.29, 0.717) is 50.5 Å². The summed E-state index contributed by atoms with van der Waals surface area (Å²) in [6.45, 7) is 0.0638. The first kappa shape index (κ1) is 18.7. The lowest BCUT2D eigenvalue weighted by atomic mass is 9.94.